The molecule has 2 heterocycles. The topological polar surface area (TPSA) is 47.6 Å². The van der Waals surface area contributed by atoms with Gasteiger partial charge in [0, 0.05) is 11.9 Å². The van der Waals surface area contributed by atoms with E-state index in [9.17, 15) is 4.79 Å². The molecule has 0 unspecified atom stereocenters. The smallest absolute Gasteiger partial charge is 0.265 e. The average Bonchev–Trinajstić information content (AvgIpc) is 2.69. The number of nitrogens with one attached hydrogen (secondary N) is 1. The van der Waals surface area contributed by atoms with Crippen LogP contribution in [0.15, 0.2) is 18.0 Å². The van der Waals surface area contributed by atoms with Gasteiger partial charge < -0.3 is 14.8 Å². The van der Waals surface area contributed by atoms with Gasteiger partial charge in [0.25, 0.3) is 5.91 Å². The molecule has 1 aliphatic rings. The number of fused-ring (bicyclic) bond motifs is 1. The Labute approximate surface area is 91.5 Å². The van der Waals surface area contributed by atoms with E-state index in [1.54, 1.807) is 11.5 Å². The van der Waals surface area contributed by atoms with E-state index in [-0.39, 0.29) is 5.91 Å². The normalized spacial score (nSPS) is 13.3. The Morgan fingerprint density at radius 3 is 3.20 bits per heavy atom. The van der Waals surface area contributed by atoms with Crippen LogP contribution in [0.1, 0.15) is 9.67 Å². The van der Waals surface area contributed by atoms with Gasteiger partial charge in [0.2, 0.25) is 0 Å². The highest BCUT2D eigenvalue weighted by Crippen LogP contribution is 2.39. The van der Waals surface area contributed by atoms with Crippen LogP contribution in [0.3, 0.4) is 0 Å². The molecule has 0 fully saturated rings. The molecule has 1 aromatic heterocycles. The Balaban J connectivity index is 2.17. The van der Waals surface area contributed by atoms with Gasteiger partial charge in [-0.25, -0.2) is 0 Å². The summed E-state index contributed by atoms with van der Waals surface area (Å²) in [6, 6.07) is 0. The van der Waals surface area contributed by atoms with Crippen LogP contribution in [0, 0.1) is 0 Å². The largest absolute Gasteiger partial charge is 0.485 e. The number of rotatable bonds is 3. The lowest BCUT2D eigenvalue weighted by molar-refractivity contribution is 0.0953. The van der Waals surface area contributed by atoms with Crippen molar-refractivity contribution in [2.75, 3.05) is 19.8 Å². The molecule has 0 radical (unpaired) electrons. The minimum Gasteiger partial charge on any atom is -0.485 e. The van der Waals surface area contributed by atoms with Crippen LogP contribution in [0.25, 0.3) is 0 Å². The second-order valence-electron chi connectivity index (χ2n) is 2.95. The summed E-state index contributed by atoms with van der Waals surface area (Å²) in [6.07, 6.45) is 1.63. The van der Waals surface area contributed by atoms with Gasteiger partial charge >= 0.3 is 0 Å². The van der Waals surface area contributed by atoms with Gasteiger partial charge in [-0.05, 0) is 0 Å². The summed E-state index contributed by atoms with van der Waals surface area (Å²) >= 11 is 1.33. The standard InChI is InChI=1S/C10H11NO3S/c1-2-3-11-10(12)9-8-7(6-15-9)13-4-5-14-8/h2,6H,1,3-5H2,(H,11,12). The van der Waals surface area contributed by atoms with E-state index in [4.69, 9.17) is 9.47 Å². The number of hydrogen-bond acceptors (Lipinski definition) is 4. The van der Waals surface area contributed by atoms with Crippen LogP contribution in [0.2, 0.25) is 0 Å². The predicted octanol–water partition coefficient (Wildman–Crippen LogP) is 1.44. The first-order chi connectivity index (χ1) is 7.33. The number of thiophene rings is 1. The van der Waals surface area contributed by atoms with E-state index in [2.05, 4.69) is 11.9 Å². The monoisotopic (exact) mass is 225 g/mol. The maximum absolute atomic E-state index is 11.7. The number of hydrogen-bond donors (Lipinski definition) is 1. The first kappa shape index (κ1) is 10.0. The molecule has 5 heteroatoms. The lowest BCUT2D eigenvalue weighted by Crippen LogP contribution is -2.24. The summed E-state index contributed by atoms with van der Waals surface area (Å²) in [5.41, 5.74) is 0. The summed E-state index contributed by atoms with van der Waals surface area (Å²) in [7, 11) is 0. The molecule has 1 N–H and O–H groups in total. The first-order valence-electron chi connectivity index (χ1n) is 4.59. The third kappa shape index (κ3) is 1.97. The minimum absolute atomic E-state index is 0.147. The molecule has 0 saturated heterocycles. The fraction of sp³-hybridized carbons (Fsp3) is 0.300. The SMILES string of the molecule is C=CCNC(=O)c1scc2c1OCCO2. The summed E-state index contributed by atoms with van der Waals surface area (Å²) < 4.78 is 10.7. The van der Waals surface area contributed by atoms with Gasteiger partial charge in [-0.3, -0.25) is 4.79 Å². The van der Waals surface area contributed by atoms with Crippen molar-refractivity contribution >= 4 is 17.2 Å². The van der Waals surface area contributed by atoms with Crippen molar-refractivity contribution in [2.45, 2.75) is 0 Å². The molecule has 1 aromatic rings. The van der Waals surface area contributed by atoms with Gasteiger partial charge in [0.05, 0.1) is 0 Å². The highest BCUT2D eigenvalue weighted by molar-refractivity contribution is 7.12. The quantitative estimate of drug-likeness (QED) is 0.792. The van der Waals surface area contributed by atoms with Crippen molar-refractivity contribution in [1.82, 2.24) is 5.32 Å². The van der Waals surface area contributed by atoms with E-state index in [0.29, 0.717) is 36.1 Å². The highest BCUT2D eigenvalue weighted by atomic mass is 32.1. The molecule has 0 bridgehead atoms. The molecule has 80 valence electrons. The zero-order chi connectivity index (χ0) is 10.7. The van der Waals surface area contributed by atoms with E-state index in [0.717, 1.165) is 0 Å². The lowest BCUT2D eigenvalue weighted by Gasteiger charge is -2.15. The fourth-order valence-electron chi connectivity index (χ4n) is 1.26. The van der Waals surface area contributed by atoms with Crippen molar-refractivity contribution in [3.63, 3.8) is 0 Å². The molecule has 4 nitrogen and oxygen atoms in total. The second-order valence-corrected chi connectivity index (χ2v) is 3.83. The number of amides is 1. The minimum atomic E-state index is -0.147. The van der Waals surface area contributed by atoms with Gasteiger partial charge in [0.1, 0.15) is 18.1 Å². The van der Waals surface area contributed by atoms with Crippen LogP contribution in [0.5, 0.6) is 11.5 Å². The van der Waals surface area contributed by atoms with Crippen LogP contribution >= 0.6 is 11.3 Å². The Morgan fingerprint density at radius 2 is 2.40 bits per heavy atom. The van der Waals surface area contributed by atoms with Crippen LogP contribution < -0.4 is 14.8 Å². The number of carbonyl (C=O) groups excluding carboxylic acids is 1. The molecule has 1 amide bonds. The summed E-state index contributed by atoms with van der Waals surface area (Å²) in [6.45, 7) is 5.02. The van der Waals surface area contributed by atoms with Crippen LogP contribution in [-0.2, 0) is 0 Å². The molecular formula is C10H11NO3S. The Morgan fingerprint density at radius 1 is 1.60 bits per heavy atom. The summed E-state index contributed by atoms with van der Waals surface area (Å²) in [5, 5.41) is 4.49. The van der Waals surface area contributed by atoms with Crippen molar-refractivity contribution in [1.29, 1.82) is 0 Å². The molecule has 2 rings (SSSR count). The van der Waals surface area contributed by atoms with Gasteiger partial charge in [-0.2, -0.15) is 0 Å². The number of ether oxygens (including phenoxy) is 2. The fourth-order valence-corrected chi connectivity index (χ4v) is 2.11. The molecule has 15 heavy (non-hydrogen) atoms. The Kier molecular flexibility index (Phi) is 2.91. The lowest BCUT2D eigenvalue weighted by atomic mass is 10.3. The van der Waals surface area contributed by atoms with Gasteiger partial charge in [-0.15, -0.1) is 17.9 Å². The van der Waals surface area contributed by atoms with Gasteiger partial charge in [-0.1, -0.05) is 6.08 Å². The summed E-state index contributed by atoms with van der Waals surface area (Å²) in [5.74, 6) is 1.08. The number of carbonyl (C=O) groups is 1. The first-order valence-corrected chi connectivity index (χ1v) is 5.47. The van der Waals surface area contributed by atoms with Crippen molar-refractivity contribution in [2.24, 2.45) is 0 Å². The van der Waals surface area contributed by atoms with E-state index in [1.165, 1.54) is 11.3 Å². The molecule has 0 aliphatic carbocycles. The maximum Gasteiger partial charge on any atom is 0.265 e. The predicted molar refractivity (Wildman–Crippen MR) is 57.8 cm³/mol. The molecular weight excluding hydrogens is 214 g/mol. The summed E-state index contributed by atoms with van der Waals surface area (Å²) in [4.78, 5) is 12.2. The molecule has 0 spiro atoms. The highest BCUT2D eigenvalue weighted by Gasteiger charge is 2.22. The van der Waals surface area contributed by atoms with Crippen LogP contribution in [-0.4, -0.2) is 25.7 Å². The van der Waals surface area contributed by atoms with Gasteiger partial charge in [0.15, 0.2) is 11.5 Å². The molecule has 0 aromatic carbocycles. The van der Waals surface area contributed by atoms with E-state index >= 15 is 0 Å². The third-order valence-electron chi connectivity index (χ3n) is 1.91. The molecule has 1 aliphatic heterocycles. The Hall–Kier alpha value is -1.49. The maximum atomic E-state index is 11.7. The zero-order valence-corrected chi connectivity index (χ0v) is 8.93. The second kappa shape index (κ2) is 4.35. The molecule has 0 atom stereocenters. The molecule has 0 saturated carbocycles. The van der Waals surface area contributed by atoms with Crippen LogP contribution in [0.4, 0.5) is 0 Å². The van der Waals surface area contributed by atoms with E-state index < -0.39 is 0 Å². The van der Waals surface area contributed by atoms with Crippen molar-refractivity contribution in [3.8, 4) is 11.5 Å². The zero-order valence-electron chi connectivity index (χ0n) is 8.12. The Bertz CT molecular complexity index is 386. The van der Waals surface area contributed by atoms with Crippen molar-refractivity contribution in [3.05, 3.63) is 22.9 Å². The average molecular weight is 225 g/mol. The van der Waals surface area contributed by atoms with E-state index in [1.807, 2.05) is 0 Å². The van der Waals surface area contributed by atoms with Crippen molar-refractivity contribution < 1.29 is 14.3 Å². The third-order valence-corrected chi connectivity index (χ3v) is 2.85.